The minimum absolute atomic E-state index is 0.475. The van der Waals surface area contributed by atoms with Crippen molar-refractivity contribution in [3.63, 3.8) is 0 Å². The zero-order valence-electron chi connectivity index (χ0n) is 9.77. The van der Waals surface area contributed by atoms with E-state index in [1.54, 1.807) is 0 Å². The molecule has 2 aromatic rings. The molecule has 1 atom stereocenters. The van der Waals surface area contributed by atoms with Gasteiger partial charge in [0, 0.05) is 0 Å². The van der Waals surface area contributed by atoms with Gasteiger partial charge in [-0.15, -0.1) is 0 Å². The number of benzene rings is 2. The van der Waals surface area contributed by atoms with E-state index < -0.39 is 0 Å². The van der Waals surface area contributed by atoms with Crippen LogP contribution in [0.25, 0.3) is 0 Å². The van der Waals surface area contributed by atoms with Crippen molar-refractivity contribution in [1.82, 2.24) is 0 Å². The first-order valence-corrected chi connectivity index (χ1v) is 8.62. The molecule has 0 saturated heterocycles. The number of alkyl halides is 1. The predicted octanol–water partition coefficient (Wildman–Crippen LogP) is 3.88. The van der Waals surface area contributed by atoms with Gasteiger partial charge in [-0.05, 0) is 0 Å². The number of aryl methyl sites for hydroxylation is 1. The van der Waals surface area contributed by atoms with E-state index in [9.17, 15) is 0 Å². The van der Waals surface area contributed by atoms with E-state index in [1.165, 1.54) is 20.9 Å². The van der Waals surface area contributed by atoms with Gasteiger partial charge in [-0.25, -0.2) is 0 Å². The molecule has 1 unspecified atom stereocenters. The zero-order chi connectivity index (χ0) is 12.1. The Morgan fingerprint density at radius 3 is 2.29 bits per heavy atom. The van der Waals surface area contributed by atoms with Crippen molar-refractivity contribution < 1.29 is 0 Å². The van der Waals surface area contributed by atoms with Crippen LogP contribution in [-0.4, -0.2) is 15.0 Å². The van der Waals surface area contributed by atoms with E-state index in [-0.39, 0.29) is 0 Å². The van der Waals surface area contributed by atoms with E-state index >= 15 is 0 Å². The fraction of sp³-hybridized carbons (Fsp3) is 0.200. The Morgan fingerprint density at radius 2 is 1.65 bits per heavy atom. The minimum atomic E-state index is 0.475. The van der Waals surface area contributed by atoms with Crippen molar-refractivity contribution in [2.45, 2.75) is 17.1 Å². The summed E-state index contributed by atoms with van der Waals surface area (Å²) in [7, 11) is 0. The van der Waals surface area contributed by atoms with Gasteiger partial charge in [-0.2, -0.15) is 0 Å². The van der Waals surface area contributed by atoms with E-state index in [0.29, 0.717) is 19.8 Å². The third kappa shape index (κ3) is 3.99. The summed E-state index contributed by atoms with van der Waals surface area (Å²) in [6, 6.07) is 19.5. The summed E-state index contributed by atoms with van der Waals surface area (Å²) in [6.07, 6.45) is 0. The molecule has 2 aromatic carbocycles. The normalized spacial score (nSPS) is 12.4. The van der Waals surface area contributed by atoms with Gasteiger partial charge in [-0.1, -0.05) is 0 Å². The molecule has 0 nitrogen and oxygen atoms in total. The Kier molecular flexibility index (Phi) is 4.85. The fourth-order valence-corrected chi connectivity index (χ4v) is 4.40. The average Bonchev–Trinajstić information content (AvgIpc) is 2.38. The molecular formula is C15H15BrSe. The second kappa shape index (κ2) is 6.39. The summed E-state index contributed by atoms with van der Waals surface area (Å²) in [5.74, 6) is 0. The second-order valence-corrected chi connectivity index (χ2v) is 7.40. The molecular weight excluding hydrogens is 339 g/mol. The van der Waals surface area contributed by atoms with Crippen LogP contribution < -0.4 is 4.46 Å². The summed E-state index contributed by atoms with van der Waals surface area (Å²) in [6.45, 7) is 2.13. The van der Waals surface area contributed by atoms with Crippen LogP contribution in [0.2, 0.25) is 5.32 Å². The van der Waals surface area contributed by atoms with E-state index in [2.05, 4.69) is 77.5 Å². The molecule has 0 heterocycles. The molecule has 0 aliphatic rings. The Bertz CT molecular complexity index is 450. The maximum atomic E-state index is 3.78. The van der Waals surface area contributed by atoms with Crippen LogP contribution in [-0.2, 0) is 0 Å². The second-order valence-electron chi connectivity index (χ2n) is 4.00. The Morgan fingerprint density at radius 1 is 1.00 bits per heavy atom. The summed E-state index contributed by atoms with van der Waals surface area (Å²) >= 11 is 4.33. The molecule has 0 fully saturated rings. The maximum absolute atomic E-state index is 3.78. The fourth-order valence-electron chi connectivity index (χ4n) is 1.56. The Hall–Kier alpha value is -0.561. The van der Waals surface area contributed by atoms with Gasteiger partial charge in [-0.3, -0.25) is 0 Å². The van der Waals surface area contributed by atoms with Crippen LogP contribution in [0.1, 0.15) is 16.0 Å². The van der Waals surface area contributed by atoms with Crippen molar-refractivity contribution in [2.24, 2.45) is 0 Å². The molecule has 0 aliphatic heterocycles. The molecule has 2 heteroatoms. The SMILES string of the molecule is Cc1ccc(C(Br)C[Se]c2ccccc2)cc1. The quantitative estimate of drug-likeness (QED) is 0.578. The number of hydrogen-bond acceptors (Lipinski definition) is 0. The van der Waals surface area contributed by atoms with Gasteiger partial charge < -0.3 is 0 Å². The molecule has 0 amide bonds. The molecule has 0 radical (unpaired) electrons. The predicted molar refractivity (Wildman–Crippen MR) is 79.5 cm³/mol. The zero-order valence-corrected chi connectivity index (χ0v) is 13.1. The third-order valence-corrected chi connectivity index (χ3v) is 6.71. The monoisotopic (exact) mass is 354 g/mol. The van der Waals surface area contributed by atoms with Crippen molar-refractivity contribution in [3.05, 3.63) is 65.7 Å². The van der Waals surface area contributed by atoms with Crippen molar-refractivity contribution in [3.8, 4) is 0 Å². The van der Waals surface area contributed by atoms with E-state index in [0.717, 1.165) is 0 Å². The molecule has 0 aliphatic carbocycles. The first-order chi connectivity index (χ1) is 8.25. The Labute approximate surface area is 118 Å². The van der Waals surface area contributed by atoms with Crippen LogP contribution in [0, 0.1) is 6.92 Å². The molecule has 2 rings (SSSR count). The van der Waals surface area contributed by atoms with Crippen molar-refractivity contribution in [1.29, 1.82) is 0 Å². The number of rotatable bonds is 4. The van der Waals surface area contributed by atoms with Crippen LogP contribution >= 0.6 is 15.9 Å². The van der Waals surface area contributed by atoms with Gasteiger partial charge in [0.05, 0.1) is 0 Å². The van der Waals surface area contributed by atoms with Crippen LogP contribution in [0.4, 0.5) is 0 Å². The standard InChI is InChI=1S/C15H15BrSe/c1-12-7-9-13(10-8-12)15(16)11-17-14-5-3-2-4-6-14/h2-10,15H,11H2,1H3. The molecule has 88 valence electrons. The number of halogens is 1. The van der Waals surface area contributed by atoms with E-state index in [1.807, 2.05) is 0 Å². The topological polar surface area (TPSA) is 0 Å². The molecule has 0 N–H and O–H groups in total. The van der Waals surface area contributed by atoms with Gasteiger partial charge in [0.25, 0.3) is 0 Å². The molecule has 0 aromatic heterocycles. The first-order valence-electron chi connectivity index (χ1n) is 5.64. The molecule has 0 spiro atoms. The Balaban J connectivity index is 1.93. The summed E-state index contributed by atoms with van der Waals surface area (Å²) in [5, 5.41) is 1.19. The van der Waals surface area contributed by atoms with Crippen LogP contribution in [0.5, 0.6) is 0 Å². The first kappa shape index (κ1) is 12.9. The van der Waals surface area contributed by atoms with Gasteiger partial charge in [0.15, 0.2) is 0 Å². The van der Waals surface area contributed by atoms with Crippen molar-refractivity contribution in [2.75, 3.05) is 0 Å². The van der Waals surface area contributed by atoms with Gasteiger partial charge in [0.2, 0.25) is 0 Å². The van der Waals surface area contributed by atoms with Crippen LogP contribution in [0.3, 0.4) is 0 Å². The third-order valence-electron chi connectivity index (χ3n) is 2.58. The summed E-state index contributed by atoms with van der Waals surface area (Å²) in [4.78, 5) is 0.475. The number of hydrogen-bond donors (Lipinski definition) is 0. The van der Waals surface area contributed by atoms with Gasteiger partial charge in [0.1, 0.15) is 0 Å². The van der Waals surface area contributed by atoms with Crippen LogP contribution in [0.15, 0.2) is 54.6 Å². The van der Waals surface area contributed by atoms with Crippen molar-refractivity contribution >= 4 is 35.3 Å². The average molecular weight is 354 g/mol. The van der Waals surface area contributed by atoms with Gasteiger partial charge >= 0.3 is 118 Å². The summed E-state index contributed by atoms with van der Waals surface area (Å²) in [5.41, 5.74) is 2.70. The molecule has 0 saturated carbocycles. The molecule has 17 heavy (non-hydrogen) atoms. The molecule has 0 bridgehead atoms. The van der Waals surface area contributed by atoms with E-state index in [4.69, 9.17) is 0 Å². The summed E-state index contributed by atoms with van der Waals surface area (Å²) < 4.78 is 1.47.